The van der Waals surface area contributed by atoms with Gasteiger partial charge in [-0.3, -0.25) is 4.18 Å². The molecule has 1 atom stereocenters. The molecule has 1 aromatic rings. The summed E-state index contributed by atoms with van der Waals surface area (Å²) < 4.78 is 35.1. The minimum atomic E-state index is -3.77. The third-order valence-electron chi connectivity index (χ3n) is 4.72. The van der Waals surface area contributed by atoms with Crippen molar-refractivity contribution in [2.75, 3.05) is 13.2 Å². The molecule has 0 aliphatic heterocycles. The molecule has 144 valence electrons. The van der Waals surface area contributed by atoms with E-state index in [0.717, 1.165) is 5.56 Å². The van der Waals surface area contributed by atoms with Gasteiger partial charge in [0.15, 0.2) is 8.32 Å². The predicted octanol–water partition coefficient (Wildman–Crippen LogP) is 3.86. The Morgan fingerprint density at radius 1 is 1.08 bits per heavy atom. The van der Waals surface area contributed by atoms with Gasteiger partial charge in [0.1, 0.15) is 0 Å². The number of aliphatic hydroxyl groups excluding tert-OH is 1. The van der Waals surface area contributed by atoms with E-state index in [9.17, 15) is 13.5 Å². The van der Waals surface area contributed by atoms with Gasteiger partial charge in [0.2, 0.25) is 0 Å². The number of rotatable bonds is 9. The number of aryl methyl sites for hydroxylation is 1. The summed E-state index contributed by atoms with van der Waals surface area (Å²) in [5, 5.41) is 10.1. The first kappa shape index (κ1) is 22.3. The van der Waals surface area contributed by atoms with E-state index in [0.29, 0.717) is 13.0 Å². The fraction of sp³-hybridized carbons (Fsp3) is 0.667. The smallest absolute Gasteiger partial charge is 0.296 e. The molecule has 0 unspecified atom stereocenters. The zero-order valence-corrected chi connectivity index (χ0v) is 18.0. The average Bonchev–Trinajstić information content (AvgIpc) is 2.46. The third kappa shape index (κ3) is 7.19. The highest BCUT2D eigenvalue weighted by Gasteiger charge is 2.36. The van der Waals surface area contributed by atoms with Crippen LogP contribution in [0.3, 0.4) is 0 Å². The van der Waals surface area contributed by atoms with Crippen LogP contribution in [0.15, 0.2) is 29.2 Å². The lowest BCUT2D eigenvalue weighted by Crippen LogP contribution is -2.41. The quantitative estimate of drug-likeness (QED) is 0.514. The van der Waals surface area contributed by atoms with Gasteiger partial charge in [-0.05, 0) is 50.0 Å². The van der Waals surface area contributed by atoms with Crippen LogP contribution >= 0.6 is 0 Å². The average molecular weight is 389 g/mol. The number of benzene rings is 1. The molecule has 0 heterocycles. The van der Waals surface area contributed by atoms with E-state index in [1.54, 1.807) is 12.1 Å². The minimum absolute atomic E-state index is 0.0442. The maximum atomic E-state index is 12.1. The Balaban J connectivity index is 2.37. The van der Waals surface area contributed by atoms with Crippen molar-refractivity contribution >= 4 is 18.4 Å². The van der Waals surface area contributed by atoms with Crippen molar-refractivity contribution in [3.8, 4) is 0 Å². The molecular formula is C18H32O5SSi. The van der Waals surface area contributed by atoms with E-state index < -0.39 is 24.5 Å². The summed E-state index contributed by atoms with van der Waals surface area (Å²) >= 11 is 0. The van der Waals surface area contributed by atoms with Crippen LogP contribution in [-0.4, -0.2) is 41.2 Å². The highest BCUT2D eigenvalue weighted by Crippen LogP contribution is 2.36. The van der Waals surface area contributed by atoms with Crippen molar-refractivity contribution in [1.29, 1.82) is 0 Å². The van der Waals surface area contributed by atoms with Gasteiger partial charge in [0.05, 0.1) is 17.6 Å². The molecule has 0 aromatic heterocycles. The molecule has 0 aliphatic carbocycles. The molecule has 5 nitrogen and oxygen atoms in total. The molecule has 0 spiro atoms. The second-order valence-corrected chi connectivity index (χ2v) is 14.4. The van der Waals surface area contributed by atoms with Crippen LogP contribution in [0.2, 0.25) is 18.1 Å². The Hall–Kier alpha value is -0.733. The van der Waals surface area contributed by atoms with Gasteiger partial charge in [0, 0.05) is 6.61 Å². The van der Waals surface area contributed by atoms with E-state index in [2.05, 4.69) is 33.9 Å². The highest BCUT2D eigenvalue weighted by atomic mass is 32.2. The summed E-state index contributed by atoms with van der Waals surface area (Å²) in [6.45, 7) is 13.1. The summed E-state index contributed by atoms with van der Waals surface area (Å²) in [4.78, 5) is 0.133. The predicted molar refractivity (Wildman–Crippen MR) is 103 cm³/mol. The van der Waals surface area contributed by atoms with Crippen LogP contribution in [0.4, 0.5) is 0 Å². The summed E-state index contributed by atoms with van der Waals surface area (Å²) in [5.41, 5.74) is 0.983. The summed E-state index contributed by atoms with van der Waals surface area (Å²) in [7, 11) is -5.59. The molecule has 0 amide bonds. The Bertz CT molecular complexity index is 632. The molecule has 0 aliphatic rings. The van der Waals surface area contributed by atoms with Gasteiger partial charge >= 0.3 is 0 Å². The minimum Gasteiger partial charge on any atom is -0.417 e. The largest absolute Gasteiger partial charge is 0.417 e. The number of aliphatic hydroxyl groups is 1. The van der Waals surface area contributed by atoms with Gasteiger partial charge in [-0.1, -0.05) is 38.5 Å². The van der Waals surface area contributed by atoms with E-state index >= 15 is 0 Å². The van der Waals surface area contributed by atoms with Crippen molar-refractivity contribution in [2.24, 2.45) is 0 Å². The van der Waals surface area contributed by atoms with E-state index in [-0.39, 0.29) is 23.0 Å². The molecule has 0 fully saturated rings. The first-order valence-electron chi connectivity index (χ1n) is 8.63. The van der Waals surface area contributed by atoms with Gasteiger partial charge in [-0.15, -0.1) is 0 Å². The number of hydrogen-bond donors (Lipinski definition) is 1. The van der Waals surface area contributed by atoms with Gasteiger partial charge < -0.3 is 9.53 Å². The lowest BCUT2D eigenvalue weighted by Gasteiger charge is -2.36. The van der Waals surface area contributed by atoms with E-state index in [4.69, 9.17) is 8.61 Å². The first-order valence-corrected chi connectivity index (χ1v) is 12.9. The molecule has 1 N–H and O–H groups in total. The summed E-state index contributed by atoms with van der Waals surface area (Å²) in [6.07, 6.45) is 0.0878. The SMILES string of the molecule is Cc1ccc(S(=O)(=O)OCC[C@H](O)CCO[Si](C)(C)C(C)(C)C)cc1. The van der Waals surface area contributed by atoms with Crippen LogP contribution in [0.25, 0.3) is 0 Å². The number of hydrogen-bond acceptors (Lipinski definition) is 5. The van der Waals surface area contributed by atoms with Crippen molar-refractivity contribution in [2.45, 2.75) is 69.7 Å². The molecule has 0 saturated carbocycles. The van der Waals surface area contributed by atoms with Crippen LogP contribution in [0.1, 0.15) is 39.2 Å². The molecule has 7 heteroatoms. The molecule has 1 rings (SSSR count). The molecule has 0 bridgehead atoms. The van der Waals surface area contributed by atoms with Gasteiger partial charge in [-0.2, -0.15) is 8.42 Å². The van der Waals surface area contributed by atoms with E-state index in [1.165, 1.54) is 12.1 Å². The highest BCUT2D eigenvalue weighted by molar-refractivity contribution is 7.86. The van der Waals surface area contributed by atoms with Crippen LogP contribution < -0.4 is 0 Å². The Morgan fingerprint density at radius 3 is 2.12 bits per heavy atom. The second-order valence-electron chi connectivity index (χ2n) is 7.93. The summed E-state index contributed by atoms with van der Waals surface area (Å²) in [6, 6.07) is 6.49. The van der Waals surface area contributed by atoms with Crippen LogP contribution in [0, 0.1) is 6.92 Å². The molecule has 0 radical (unpaired) electrons. The van der Waals surface area contributed by atoms with Crippen molar-refractivity contribution in [3.05, 3.63) is 29.8 Å². The third-order valence-corrected chi connectivity index (χ3v) is 10.6. The van der Waals surface area contributed by atoms with Crippen LogP contribution in [-0.2, 0) is 18.7 Å². The normalized spacial score (nSPS) is 14.5. The lowest BCUT2D eigenvalue weighted by atomic mass is 10.2. The molecular weight excluding hydrogens is 356 g/mol. The van der Waals surface area contributed by atoms with Gasteiger partial charge in [-0.25, -0.2) is 0 Å². The zero-order valence-electron chi connectivity index (χ0n) is 16.2. The Kier molecular flexibility index (Phi) is 7.83. The maximum Gasteiger partial charge on any atom is 0.296 e. The van der Waals surface area contributed by atoms with E-state index in [1.807, 2.05) is 6.92 Å². The molecule has 1 aromatic carbocycles. The fourth-order valence-electron chi connectivity index (χ4n) is 1.88. The Morgan fingerprint density at radius 2 is 1.60 bits per heavy atom. The monoisotopic (exact) mass is 388 g/mol. The fourth-order valence-corrected chi connectivity index (χ4v) is 3.86. The first-order chi connectivity index (χ1) is 11.3. The summed E-state index contributed by atoms with van der Waals surface area (Å²) in [5.74, 6) is 0. The second kappa shape index (κ2) is 8.77. The standard InChI is InChI=1S/C18H32O5SSi/c1-15-7-9-17(10-8-15)24(20,21)22-13-11-16(19)12-14-23-25(5,6)18(2,3)4/h7-10,16,19H,11-14H2,1-6H3/t16-/m0/s1. The van der Waals surface area contributed by atoms with Crippen molar-refractivity contribution in [1.82, 2.24) is 0 Å². The molecule has 25 heavy (non-hydrogen) atoms. The topological polar surface area (TPSA) is 72.8 Å². The maximum absolute atomic E-state index is 12.1. The zero-order chi connectivity index (χ0) is 19.3. The van der Waals surface area contributed by atoms with Crippen molar-refractivity contribution < 1.29 is 22.1 Å². The van der Waals surface area contributed by atoms with Crippen LogP contribution in [0.5, 0.6) is 0 Å². The molecule has 0 saturated heterocycles. The van der Waals surface area contributed by atoms with Crippen molar-refractivity contribution in [3.63, 3.8) is 0 Å². The Labute approximate surface area is 153 Å². The van der Waals surface area contributed by atoms with Gasteiger partial charge in [0.25, 0.3) is 10.1 Å². The lowest BCUT2D eigenvalue weighted by molar-refractivity contribution is 0.111.